The van der Waals surface area contributed by atoms with Gasteiger partial charge in [-0.1, -0.05) is 18.2 Å². The Morgan fingerprint density at radius 3 is 2.41 bits per heavy atom. The van der Waals surface area contributed by atoms with Crippen LogP contribution in [0.2, 0.25) is 0 Å². The highest BCUT2D eigenvalue weighted by Gasteiger charge is 2.30. The van der Waals surface area contributed by atoms with Crippen LogP contribution in [0.1, 0.15) is 27.2 Å². The van der Waals surface area contributed by atoms with Crippen molar-refractivity contribution >= 4 is 17.2 Å². The second-order valence-electron chi connectivity index (χ2n) is 5.83. The number of nitrogens with zero attached hydrogens (tertiary/aromatic N) is 1. The second kappa shape index (κ2) is 8.26. The third-order valence-electron chi connectivity index (χ3n) is 3.91. The van der Waals surface area contributed by atoms with Crippen LogP contribution in [0.5, 0.6) is 0 Å². The van der Waals surface area contributed by atoms with Crippen LogP contribution in [0.15, 0.2) is 48.7 Å². The molecule has 2 aromatic carbocycles. The standard InChI is InChI=1S/C19H13F5N2O2S/c1-28-17(26-16(27)15-12(20)6-3-7-13(15)21)18-25-9-14(29-18)10-4-2-5-11(8-10)19(22,23)24/h2-9,17H,1H3,(H,26,27). The Balaban J connectivity index is 1.84. The van der Waals surface area contributed by atoms with Gasteiger partial charge in [-0.05, 0) is 29.8 Å². The van der Waals surface area contributed by atoms with Crippen LogP contribution >= 0.6 is 11.3 Å². The quantitative estimate of drug-likeness (QED) is 0.450. The van der Waals surface area contributed by atoms with Gasteiger partial charge < -0.3 is 10.1 Å². The number of hydrogen-bond acceptors (Lipinski definition) is 4. The molecular weight excluding hydrogens is 415 g/mol. The summed E-state index contributed by atoms with van der Waals surface area (Å²) in [6.45, 7) is 0. The average molecular weight is 428 g/mol. The lowest BCUT2D eigenvalue weighted by Gasteiger charge is -2.15. The van der Waals surface area contributed by atoms with Crippen LogP contribution in [0.4, 0.5) is 22.0 Å². The van der Waals surface area contributed by atoms with Crippen molar-refractivity contribution in [3.05, 3.63) is 76.4 Å². The maximum Gasteiger partial charge on any atom is 0.416 e. The zero-order chi connectivity index (χ0) is 21.2. The Hall–Kier alpha value is -2.85. The normalized spacial score (nSPS) is 12.6. The molecule has 1 atom stereocenters. The molecule has 1 amide bonds. The van der Waals surface area contributed by atoms with E-state index in [1.165, 1.54) is 25.4 Å². The molecule has 1 N–H and O–H groups in total. The van der Waals surface area contributed by atoms with E-state index in [-0.39, 0.29) is 10.6 Å². The number of carbonyl (C=O) groups is 1. The van der Waals surface area contributed by atoms with Crippen LogP contribution in [-0.2, 0) is 10.9 Å². The van der Waals surface area contributed by atoms with E-state index in [9.17, 15) is 26.7 Å². The predicted molar refractivity (Wildman–Crippen MR) is 96.1 cm³/mol. The first kappa shape index (κ1) is 20.9. The summed E-state index contributed by atoms with van der Waals surface area (Å²) in [5, 5.41) is 2.51. The highest BCUT2D eigenvalue weighted by atomic mass is 32.1. The number of nitrogens with one attached hydrogen (secondary N) is 1. The maximum absolute atomic E-state index is 13.8. The fraction of sp³-hybridized carbons (Fsp3) is 0.158. The molecule has 1 aromatic heterocycles. The first-order chi connectivity index (χ1) is 13.7. The number of benzene rings is 2. The topological polar surface area (TPSA) is 51.2 Å². The summed E-state index contributed by atoms with van der Waals surface area (Å²) in [5.74, 6) is -3.13. The molecule has 0 aliphatic heterocycles. The molecule has 1 heterocycles. The van der Waals surface area contributed by atoms with Crippen molar-refractivity contribution in [1.82, 2.24) is 10.3 Å². The lowest BCUT2D eigenvalue weighted by Crippen LogP contribution is -2.31. The highest BCUT2D eigenvalue weighted by Crippen LogP contribution is 2.35. The van der Waals surface area contributed by atoms with Gasteiger partial charge in [0.2, 0.25) is 0 Å². The van der Waals surface area contributed by atoms with E-state index in [1.54, 1.807) is 0 Å². The Labute approximate surface area is 166 Å². The number of aromatic nitrogens is 1. The minimum absolute atomic E-state index is 0.199. The number of methoxy groups -OCH3 is 1. The summed E-state index contributed by atoms with van der Waals surface area (Å²) >= 11 is 0.978. The monoisotopic (exact) mass is 428 g/mol. The molecule has 1 unspecified atom stereocenters. The molecule has 10 heteroatoms. The number of carbonyl (C=O) groups excluding carboxylic acids is 1. The highest BCUT2D eigenvalue weighted by molar-refractivity contribution is 7.15. The zero-order valence-corrected chi connectivity index (χ0v) is 15.6. The minimum Gasteiger partial charge on any atom is -0.355 e. The van der Waals surface area contributed by atoms with Gasteiger partial charge in [0.25, 0.3) is 5.91 Å². The first-order valence-corrected chi connectivity index (χ1v) is 8.93. The van der Waals surface area contributed by atoms with Gasteiger partial charge in [0, 0.05) is 13.3 Å². The van der Waals surface area contributed by atoms with Crippen molar-refractivity contribution in [3.8, 4) is 10.4 Å². The van der Waals surface area contributed by atoms with Crippen molar-refractivity contribution in [3.63, 3.8) is 0 Å². The molecule has 0 bridgehead atoms. The fourth-order valence-electron chi connectivity index (χ4n) is 2.52. The minimum atomic E-state index is -4.49. The fourth-order valence-corrected chi connectivity index (χ4v) is 3.46. The van der Waals surface area contributed by atoms with Crippen LogP contribution in [0.3, 0.4) is 0 Å². The molecule has 0 saturated carbocycles. The van der Waals surface area contributed by atoms with Gasteiger partial charge in [-0.3, -0.25) is 4.79 Å². The Morgan fingerprint density at radius 2 is 1.79 bits per heavy atom. The third kappa shape index (κ3) is 4.60. The summed E-state index contributed by atoms with van der Waals surface area (Å²) in [6.07, 6.45) is -4.31. The smallest absolute Gasteiger partial charge is 0.355 e. The van der Waals surface area contributed by atoms with E-state index in [0.29, 0.717) is 4.88 Å². The van der Waals surface area contributed by atoms with Crippen molar-refractivity contribution in [2.45, 2.75) is 12.4 Å². The second-order valence-corrected chi connectivity index (χ2v) is 6.89. The van der Waals surface area contributed by atoms with Gasteiger partial charge in [-0.2, -0.15) is 13.2 Å². The number of thiazole rings is 1. The summed E-state index contributed by atoms with van der Waals surface area (Å²) in [6, 6.07) is 7.69. The average Bonchev–Trinajstić information content (AvgIpc) is 3.15. The largest absolute Gasteiger partial charge is 0.416 e. The van der Waals surface area contributed by atoms with Gasteiger partial charge in [-0.25, -0.2) is 13.8 Å². The van der Waals surface area contributed by atoms with Crippen molar-refractivity contribution in [2.24, 2.45) is 0 Å². The van der Waals surface area contributed by atoms with Gasteiger partial charge in [-0.15, -0.1) is 11.3 Å². The van der Waals surface area contributed by atoms with Crippen LogP contribution in [0.25, 0.3) is 10.4 Å². The number of amides is 1. The summed E-state index contributed by atoms with van der Waals surface area (Å²) in [4.78, 5) is 16.7. The molecule has 0 aliphatic carbocycles. The van der Waals surface area contributed by atoms with E-state index in [0.717, 1.165) is 41.7 Å². The van der Waals surface area contributed by atoms with Crippen molar-refractivity contribution < 1.29 is 31.5 Å². The number of hydrogen-bond donors (Lipinski definition) is 1. The number of halogens is 5. The lowest BCUT2D eigenvalue weighted by molar-refractivity contribution is -0.137. The molecule has 0 aliphatic rings. The van der Waals surface area contributed by atoms with Gasteiger partial charge >= 0.3 is 6.18 Å². The Morgan fingerprint density at radius 1 is 1.14 bits per heavy atom. The number of ether oxygens (including phenoxy) is 1. The molecule has 3 aromatic rings. The molecule has 152 valence electrons. The van der Waals surface area contributed by atoms with E-state index >= 15 is 0 Å². The Bertz CT molecular complexity index is 1020. The van der Waals surface area contributed by atoms with Crippen LogP contribution in [0, 0.1) is 11.6 Å². The van der Waals surface area contributed by atoms with E-state index < -0.39 is 41.1 Å². The first-order valence-electron chi connectivity index (χ1n) is 8.11. The molecule has 0 radical (unpaired) electrons. The molecule has 4 nitrogen and oxygen atoms in total. The number of rotatable bonds is 5. The van der Waals surface area contributed by atoms with E-state index in [4.69, 9.17) is 4.74 Å². The van der Waals surface area contributed by atoms with E-state index in [1.807, 2.05) is 0 Å². The number of alkyl halides is 3. The lowest BCUT2D eigenvalue weighted by atomic mass is 10.1. The van der Waals surface area contributed by atoms with Gasteiger partial charge in [0.05, 0.1) is 10.4 Å². The van der Waals surface area contributed by atoms with Gasteiger partial charge in [0.15, 0.2) is 6.23 Å². The molecular formula is C19H13F5N2O2S. The van der Waals surface area contributed by atoms with Crippen molar-refractivity contribution in [1.29, 1.82) is 0 Å². The summed E-state index contributed by atoms with van der Waals surface area (Å²) in [5.41, 5.74) is -1.30. The van der Waals surface area contributed by atoms with Crippen LogP contribution in [-0.4, -0.2) is 18.0 Å². The van der Waals surface area contributed by atoms with Crippen molar-refractivity contribution in [2.75, 3.05) is 7.11 Å². The molecule has 0 spiro atoms. The van der Waals surface area contributed by atoms with Crippen LogP contribution < -0.4 is 5.32 Å². The maximum atomic E-state index is 13.8. The Kier molecular flexibility index (Phi) is 5.94. The summed E-state index contributed by atoms with van der Waals surface area (Å²) < 4.78 is 71.4. The SMILES string of the molecule is COC(NC(=O)c1c(F)cccc1F)c1ncc(-c2cccc(C(F)(F)F)c2)s1. The molecule has 29 heavy (non-hydrogen) atoms. The molecule has 0 saturated heterocycles. The van der Waals surface area contributed by atoms with E-state index in [2.05, 4.69) is 10.3 Å². The predicted octanol–water partition coefficient (Wildman–Crippen LogP) is 5.18. The van der Waals surface area contributed by atoms with Gasteiger partial charge in [0.1, 0.15) is 22.2 Å². The molecule has 0 fully saturated rings. The summed E-state index contributed by atoms with van der Waals surface area (Å²) in [7, 11) is 1.24. The molecule has 3 rings (SSSR count). The zero-order valence-electron chi connectivity index (χ0n) is 14.8. The third-order valence-corrected chi connectivity index (χ3v) is 5.00.